The monoisotopic (exact) mass is 331 g/mol. The quantitative estimate of drug-likeness (QED) is 0.719. The lowest BCUT2D eigenvalue weighted by Gasteiger charge is -2.29. The van der Waals surface area contributed by atoms with Crippen LogP contribution in [0.15, 0.2) is 42.2 Å². The second kappa shape index (κ2) is 8.31. The maximum atomic E-state index is 12.5. The average molecular weight is 331 g/mol. The third-order valence-electron chi connectivity index (χ3n) is 4.43. The number of nitrogens with one attached hydrogen (secondary N) is 1. The van der Waals surface area contributed by atoms with Crippen molar-refractivity contribution in [2.45, 2.75) is 38.4 Å². The van der Waals surface area contributed by atoms with Crippen LogP contribution >= 0.6 is 0 Å². The number of aliphatic hydroxyl groups excluding tert-OH is 1. The van der Waals surface area contributed by atoms with Crippen LogP contribution in [0.3, 0.4) is 0 Å². The van der Waals surface area contributed by atoms with Crippen LogP contribution in [-0.2, 0) is 14.3 Å². The zero-order valence-corrected chi connectivity index (χ0v) is 13.8. The van der Waals surface area contributed by atoms with Crippen molar-refractivity contribution in [2.75, 3.05) is 18.5 Å². The number of ether oxygens (including phenoxy) is 2. The van der Waals surface area contributed by atoms with Gasteiger partial charge in [-0.1, -0.05) is 18.2 Å². The fraction of sp³-hybridized carbons (Fsp3) is 0.526. The second-order valence-corrected chi connectivity index (χ2v) is 6.44. The Balaban J connectivity index is 1.60. The van der Waals surface area contributed by atoms with E-state index in [1.807, 2.05) is 36.4 Å². The highest BCUT2D eigenvalue weighted by Gasteiger charge is 2.37. The summed E-state index contributed by atoms with van der Waals surface area (Å²) in [6.07, 6.45) is 6.32. The first-order valence-corrected chi connectivity index (χ1v) is 8.73. The number of allylic oxidation sites excluding steroid dienone is 1. The van der Waals surface area contributed by atoms with E-state index in [1.165, 1.54) is 12.8 Å². The lowest BCUT2D eigenvalue weighted by Crippen LogP contribution is -2.30. The van der Waals surface area contributed by atoms with Gasteiger partial charge in [0.15, 0.2) is 5.76 Å². The maximum absolute atomic E-state index is 12.5. The van der Waals surface area contributed by atoms with Crippen molar-refractivity contribution in [3.05, 3.63) is 42.2 Å². The van der Waals surface area contributed by atoms with Gasteiger partial charge in [-0.3, -0.25) is 4.79 Å². The van der Waals surface area contributed by atoms with Crippen LogP contribution < -0.4 is 5.32 Å². The van der Waals surface area contributed by atoms with Gasteiger partial charge in [0.25, 0.3) is 5.91 Å². The average Bonchev–Trinajstić information content (AvgIpc) is 3.44. The van der Waals surface area contributed by atoms with Crippen molar-refractivity contribution in [2.24, 2.45) is 11.8 Å². The summed E-state index contributed by atoms with van der Waals surface area (Å²) in [5.74, 6) is 1.12. The van der Waals surface area contributed by atoms with E-state index in [0.29, 0.717) is 24.2 Å². The van der Waals surface area contributed by atoms with Crippen molar-refractivity contribution < 1.29 is 19.4 Å². The largest absolute Gasteiger partial charge is 0.459 e. The lowest BCUT2D eigenvalue weighted by atomic mass is 9.96. The van der Waals surface area contributed by atoms with Gasteiger partial charge in [-0.15, -0.1) is 0 Å². The van der Waals surface area contributed by atoms with Gasteiger partial charge in [0.1, 0.15) is 0 Å². The Morgan fingerprint density at radius 3 is 2.75 bits per heavy atom. The summed E-state index contributed by atoms with van der Waals surface area (Å²) < 4.78 is 11.5. The summed E-state index contributed by atoms with van der Waals surface area (Å²) in [5.41, 5.74) is 0.751. The van der Waals surface area contributed by atoms with Crippen molar-refractivity contribution >= 4 is 11.6 Å². The summed E-state index contributed by atoms with van der Waals surface area (Å²) >= 11 is 0. The lowest BCUT2D eigenvalue weighted by molar-refractivity contribution is -0.147. The number of amides is 1. The molecular formula is C19H25NO4. The van der Waals surface area contributed by atoms with E-state index in [0.717, 1.165) is 24.9 Å². The summed E-state index contributed by atoms with van der Waals surface area (Å²) in [7, 11) is 0. The van der Waals surface area contributed by atoms with Crippen LogP contribution in [0.25, 0.3) is 0 Å². The highest BCUT2D eigenvalue weighted by atomic mass is 16.7. The standard InChI is InChI=1S/C19H25NO4/c21-10-4-5-11-23-18-13-15(14-8-9-14)12-17(24-18)19(22)20-16-6-2-1-3-7-16/h1-3,6-7,12,14-15,18,21H,4-5,8-11,13H2,(H,20,22)/t15-,18+/m0/s1. The molecule has 3 rings (SSSR count). The number of para-hydroxylation sites is 1. The van der Waals surface area contributed by atoms with E-state index < -0.39 is 0 Å². The molecule has 1 aliphatic heterocycles. The zero-order chi connectivity index (χ0) is 16.8. The molecule has 0 spiro atoms. The van der Waals surface area contributed by atoms with Crippen molar-refractivity contribution in [3.63, 3.8) is 0 Å². The first-order chi connectivity index (χ1) is 11.8. The topological polar surface area (TPSA) is 67.8 Å². The molecule has 0 saturated heterocycles. The van der Waals surface area contributed by atoms with E-state index in [2.05, 4.69) is 5.32 Å². The van der Waals surface area contributed by atoms with Crippen LogP contribution in [0.2, 0.25) is 0 Å². The van der Waals surface area contributed by atoms with E-state index in [4.69, 9.17) is 14.6 Å². The molecule has 130 valence electrons. The minimum atomic E-state index is -0.379. The van der Waals surface area contributed by atoms with Crippen LogP contribution in [0, 0.1) is 11.8 Å². The number of unbranched alkanes of at least 4 members (excludes halogenated alkanes) is 1. The Labute approximate surface area is 142 Å². The Bertz CT molecular complexity index is 568. The number of hydrogen-bond acceptors (Lipinski definition) is 4. The molecule has 1 aromatic rings. The third-order valence-corrected chi connectivity index (χ3v) is 4.43. The summed E-state index contributed by atoms with van der Waals surface area (Å²) in [5, 5.41) is 11.7. The number of rotatable bonds is 8. The zero-order valence-electron chi connectivity index (χ0n) is 13.8. The molecule has 2 aliphatic rings. The molecule has 0 aromatic heterocycles. The molecule has 1 amide bonds. The molecule has 1 heterocycles. The van der Waals surface area contributed by atoms with Crippen molar-refractivity contribution in [3.8, 4) is 0 Å². The van der Waals surface area contributed by atoms with Crippen LogP contribution in [0.4, 0.5) is 5.69 Å². The molecule has 0 radical (unpaired) electrons. The predicted octanol–water partition coefficient (Wildman–Crippen LogP) is 3.07. The number of hydrogen-bond donors (Lipinski definition) is 2. The third kappa shape index (κ3) is 4.82. The van der Waals surface area contributed by atoms with Gasteiger partial charge in [-0.25, -0.2) is 0 Å². The van der Waals surface area contributed by atoms with E-state index >= 15 is 0 Å². The van der Waals surface area contributed by atoms with Crippen LogP contribution in [-0.4, -0.2) is 30.5 Å². The number of benzene rings is 1. The summed E-state index contributed by atoms with van der Waals surface area (Å²) in [4.78, 5) is 12.5. The molecular weight excluding hydrogens is 306 g/mol. The van der Waals surface area contributed by atoms with Gasteiger partial charge in [-0.05, 0) is 55.7 Å². The highest BCUT2D eigenvalue weighted by molar-refractivity contribution is 6.02. The van der Waals surface area contributed by atoms with Gasteiger partial charge in [0, 0.05) is 18.7 Å². The highest BCUT2D eigenvalue weighted by Crippen LogP contribution is 2.42. The number of carbonyl (C=O) groups is 1. The normalized spacial score (nSPS) is 23.3. The minimum Gasteiger partial charge on any atom is -0.459 e. The number of anilines is 1. The Kier molecular flexibility index (Phi) is 5.88. The smallest absolute Gasteiger partial charge is 0.290 e. The Hall–Kier alpha value is -1.85. The van der Waals surface area contributed by atoms with E-state index in [9.17, 15) is 4.79 Å². The molecule has 2 N–H and O–H groups in total. The number of carbonyl (C=O) groups excluding carboxylic acids is 1. The molecule has 0 bridgehead atoms. The van der Waals surface area contributed by atoms with Crippen LogP contribution in [0.5, 0.6) is 0 Å². The summed E-state index contributed by atoms with van der Waals surface area (Å²) in [6.45, 7) is 0.709. The molecule has 2 atom stereocenters. The molecule has 1 aromatic carbocycles. The fourth-order valence-corrected chi connectivity index (χ4v) is 2.94. The first kappa shape index (κ1) is 17.0. The maximum Gasteiger partial charge on any atom is 0.290 e. The van der Waals surface area contributed by atoms with Gasteiger partial charge in [0.2, 0.25) is 6.29 Å². The molecule has 1 aliphatic carbocycles. The molecule has 5 nitrogen and oxygen atoms in total. The van der Waals surface area contributed by atoms with Gasteiger partial charge >= 0.3 is 0 Å². The molecule has 0 unspecified atom stereocenters. The van der Waals surface area contributed by atoms with Crippen molar-refractivity contribution in [1.29, 1.82) is 0 Å². The molecule has 24 heavy (non-hydrogen) atoms. The minimum absolute atomic E-state index is 0.171. The van der Waals surface area contributed by atoms with Gasteiger partial charge in [-0.2, -0.15) is 0 Å². The van der Waals surface area contributed by atoms with E-state index in [1.54, 1.807) is 0 Å². The van der Waals surface area contributed by atoms with Crippen LogP contribution in [0.1, 0.15) is 32.1 Å². The van der Waals surface area contributed by atoms with Gasteiger partial charge < -0.3 is 19.9 Å². The Morgan fingerprint density at radius 2 is 2.04 bits per heavy atom. The molecule has 1 saturated carbocycles. The SMILES string of the molecule is O=C(Nc1ccccc1)C1=C[C@H](C2CC2)C[C@H](OCCCCO)O1. The molecule has 5 heteroatoms. The first-order valence-electron chi connectivity index (χ1n) is 8.73. The fourth-order valence-electron chi connectivity index (χ4n) is 2.94. The summed E-state index contributed by atoms with van der Waals surface area (Å²) in [6, 6.07) is 9.37. The van der Waals surface area contributed by atoms with Crippen molar-refractivity contribution in [1.82, 2.24) is 0 Å². The van der Waals surface area contributed by atoms with E-state index in [-0.39, 0.29) is 18.8 Å². The Morgan fingerprint density at radius 1 is 1.25 bits per heavy atom. The predicted molar refractivity (Wildman–Crippen MR) is 91.1 cm³/mol. The second-order valence-electron chi connectivity index (χ2n) is 6.44. The number of aliphatic hydroxyl groups is 1. The molecule has 1 fully saturated rings. The van der Waals surface area contributed by atoms with Gasteiger partial charge in [0.05, 0.1) is 6.61 Å².